The maximum Gasteiger partial charge on any atom is 0.338 e. The number of amides is 1. The third kappa shape index (κ3) is 5.45. The van der Waals surface area contributed by atoms with E-state index in [0.717, 1.165) is 36.9 Å². The van der Waals surface area contributed by atoms with Crippen molar-refractivity contribution in [3.8, 4) is 0 Å². The van der Waals surface area contributed by atoms with Crippen molar-refractivity contribution in [1.82, 2.24) is 0 Å². The first kappa shape index (κ1) is 18.7. The van der Waals surface area contributed by atoms with Gasteiger partial charge in [0.2, 0.25) is 0 Å². The monoisotopic (exact) mass is 339 g/mol. The van der Waals surface area contributed by atoms with Crippen molar-refractivity contribution < 1.29 is 14.3 Å². The minimum absolute atomic E-state index is 0.191. The van der Waals surface area contributed by atoms with E-state index >= 15 is 0 Å². The highest BCUT2D eigenvalue weighted by Crippen LogP contribution is 2.17. The second kappa shape index (κ2) is 9.62. The number of aryl methyl sites for hydroxylation is 1. The van der Waals surface area contributed by atoms with Crippen LogP contribution in [0.2, 0.25) is 0 Å². The molecule has 0 aromatic heterocycles. The maximum atomic E-state index is 12.4. The number of unbranched alkanes of at least 4 members (excludes halogenated alkanes) is 2. The SMILES string of the molecule is CCCCCOC(=O)c1ccc(C(=O)Nc2ccccc2CC)cc1. The van der Waals surface area contributed by atoms with Gasteiger partial charge in [0, 0.05) is 11.3 Å². The number of anilines is 1. The quantitative estimate of drug-likeness (QED) is 0.552. The van der Waals surface area contributed by atoms with Crippen LogP contribution in [0.25, 0.3) is 0 Å². The van der Waals surface area contributed by atoms with Crippen LogP contribution in [0.15, 0.2) is 48.5 Å². The van der Waals surface area contributed by atoms with E-state index < -0.39 is 0 Å². The van der Waals surface area contributed by atoms with Gasteiger partial charge in [0.15, 0.2) is 0 Å². The highest BCUT2D eigenvalue weighted by atomic mass is 16.5. The zero-order chi connectivity index (χ0) is 18.1. The summed E-state index contributed by atoms with van der Waals surface area (Å²) in [6, 6.07) is 14.3. The minimum Gasteiger partial charge on any atom is -0.462 e. The number of para-hydroxylation sites is 1. The number of carbonyl (C=O) groups is 2. The summed E-state index contributed by atoms with van der Waals surface area (Å²) in [6.07, 6.45) is 3.85. The van der Waals surface area contributed by atoms with E-state index in [9.17, 15) is 9.59 Å². The molecule has 0 fully saturated rings. The molecule has 0 atom stereocenters. The molecular formula is C21H25NO3. The van der Waals surface area contributed by atoms with Gasteiger partial charge < -0.3 is 10.1 Å². The number of hydrogen-bond donors (Lipinski definition) is 1. The van der Waals surface area contributed by atoms with Crippen LogP contribution in [0.3, 0.4) is 0 Å². The van der Waals surface area contributed by atoms with Crippen molar-refractivity contribution >= 4 is 17.6 Å². The van der Waals surface area contributed by atoms with Crippen LogP contribution in [-0.2, 0) is 11.2 Å². The van der Waals surface area contributed by atoms with Crippen molar-refractivity contribution in [3.63, 3.8) is 0 Å². The Hall–Kier alpha value is -2.62. The van der Waals surface area contributed by atoms with Gasteiger partial charge in [-0.25, -0.2) is 4.79 Å². The molecule has 0 unspecified atom stereocenters. The summed E-state index contributed by atoms with van der Waals surface area (Å²) in [5.74, 6) is -0.539. The summed E-state index contributed by atoms with van der Waals surface area (Å²) >= 11 is 0. The largest absolute Gasteiger partial charge is 0.462 e. The summed E-state index contributed by atoms with van der Waals surface area (Å²) in [5.41, 5.74) is 2.87. The number of rotatable bonds is 8. The van der Waals surface area contributed by atoms with Crippen molar-refractivity contribution in [2.24, 2.45) is 0 Å². The lowest BCUT2D eigenvalue weighted by molar-refractivity contribution is 0.0498. The van der Waals surface area contributed by atoms with Crippen LogP contribution in [0.1, 0.15) is 59.4 Å². The first-order chi connectivity index (χ1) is 12.2. The number of carbonyl (C=O) groups excluding carboxylic acids is 2. The Morgan fingerprint density at radius 1 is 0.920 bits per heavy atom. The molecule has 4 heteroatoms. The Morgan fingerprint density at radius 2 is 1.60 bits per heavy atom. The molecule has 2 aromatic rings. The predicted molar refractivity (Wildman–Crippen MR) is 100 cm³/mol. The molecule has 0 bridgehead atoms. The van der Waals surface area contributed by atoms with Gasteiger partial charge in [-0.15, -0.1) is 0 Å². The first-order valence-electron chi connectivity index (χ1n) is 8.82. The number of benzene rings is 2. The molecule has 0 radical (unpaired) electrons. The molecule has 0 spiro atoms. The van der Waals surface area contributed by atoms with Crippen molar-refractivity contribution in [2.45, 2.75) is 39.5 Å². The Morgan fingerprint density at radius 3 is 2.28 bits per heavy atom. The number of hydrogen-bond acceptors (Lipinski definition) is 3. The van der Waals surface area contributed by atoms with E-state index in [-0.39, 0.29) is 11.9 Å². The molecule has 4 nitrogen and oxygen atoms in total. The summed E-state index contributed by atoms with van der Waals surface area (Å²) < 4.78 is 5.22. The average Bonchev–Trinajstić information content (AvgIpc) is 2.65. The average molecular weight is 339 g/mol. The van der Waals surface area contributed by atoms with Crippen LogP contribution < -0.4 is 5.32 Å². The van der Waals surface area contributed by atoms with Gasteiger partial charge in [-0.2, -0.15) is 0 Å². The highest BCUT2D eigenvalue weighted by molar-refractivity contribution is 6.05. The van der Waals surface area contributed by atoms with E-state index in [4.69, 9.17) is 4.74 Å². The Kier molecular flexibility index (Phi) is 7.20. The van der Waals surface area contributed by atoms with Gasteiger partial charge in [-0.05, 0) is 48.7 Å². The summed E-state index contributed by atoms with van der Waals surface area (Å²) in [6.45, 7) is 4.58. The first-order valence-corrected chi connectivity index (χ1v) is 8.82. The van der Waals surface area contributed by atoms with Gasteiger partial charge in [0.25, 0.3) is 5.91 Å². The zero-order valence-corrected chi connectivity index (χ0v) is 14.9. The molecule has 0 aliphatic heterocycles. The third-order valence-corrected chi connectivity index (χ3v) is 4.01. The predicted octanol–water partition coefficient (Wildman–Crippen LogP) is 4.85. The summed E-state index contributed by atoms with van der Waals surface area (Å²) in [5, 5.41) is 2.92. The van der Waals surface area contributed by atoms with E-state index in [2.05, 4.69) is 12.2 Å². The smallest absolute Gasteiger partial charge is 0.338 e. The van der Waals surface area contributed by atoms with Crippen LogP contribution >= 0.6 is 0 Å². The standard InChI is InChI=1S/C21H25NO3/c1-3-5-8-15-25-21(24)18-13-11-17(12-14-18)20(23)22-19-10-7-6-9-16(19)4-2/h6-7,9-14H,3-5,8,15H2,1-2H3,(H,22,23). The molecule has 132 valence electrons. The molecule has 25 heavy (non-hydrogen) atoms. The Labute approximate surface area is 149 Å². The number of nitrogens with one attached hydrogen (secondary N) is 1. The molecule has 2 rings (SSSR count). The molecule has 0 saturated carbocycles. The molecule has 0 heterocycles. The fourth-order valence-corrected chi connectivity index (χ4v) is 2.50. The van der Waals surface area contributed by atoms with E-state index in [1.54, 1.807) is 24.3 Å². The van der Waals surface area contributed by atoms with Crippen molar-refractivity contribution in [3.05, 3.63) is 65.2 Å². The van der Waals surface area contributed by atoms with Gasteiger partial charge in [-0.1, -0.05) is 44.9 Å². The topological polar surface area (TPSA) is 55.4 Å². The fourth-order valence-electron chi connectivity index (χ4n) is 2.50. The van der Waals surface area contributed by atoms with Gasteiger partial charge in [0.05, 0.1) is 12.2 Å². The molecular weight excluding hydrogens is 314 g/mol. The maximum absolute atomic E-state index is 12.4. The Balaban J connectivity index is 1.97. The lowest BCUT2D eigenvalue weighted by Gasteiger charge is -2.10. The van der Waals surface area contributed by atoms with E-state index in [1.165, 1.54) is 0 Å². The fraction of sp³-hybridized carbons (Fsp3) is 0.333. The minimum atomic E-state index is -0.348. The van der Waals surface area contributed by atoms with E-state index in [1.807, 2.05) is 31.2 Å². The summed E-state index contributed by atoms with van der Waals surface area (Å²) in [7, 11) is 0. The zero-order valence-electron chi connectivity index (χ0n) is 14.9. The molecule has 0 aliphatic carbocycles. The van der Waals surface area contributed by atoms with Gasteiger partial charge in [0.1, 0.15) is 0 Å². The number of esters is 1. The van der Waals surface area contributed by atoms with Crippen LogP contribution in [0, 0.1) is 0 Å². The van der Waals surface area contributed by atoms with Crippen molar-refractivity contribution in [1.29, 1.82) is 0 Å². The molecule has 0 saturated heterocycles. The molecule has 2 aromatic carbocycles. The molecule has 1 amide bonds. The molecule has 0 aliphatic rings. The lowest BCUT2D eigenvalue weighted by atomic mass is 10.1. The van der Waals surface area contributed by atoms with Crippen LogP contribution in [0.4, 0.5) is 5.69 Å². The second-order valence-corrected chi connectivity index (χ2v) is 5.89. The van der Waals surface area contributed by atoms with Gasteiger partial charge >= 0.3 is 5.97 Å². The van der Waals surface area contributed by atoms with Crippen LogP contribution in [0.5, 0.6) is 0 Å². The normalized spacial score (nSPS) is 10.3. The second-order valence-electron chi connectivity index (χ2n) is 5.89. The summed E-state index contributed by atoms with van der Waals surface area (Å²) in [4.78, 5) is 24.3. The van der Waals surface area contributed by atoms with E-state index in [0.29, 0.717) is 17.7 Å². The highest BCUT2D eigenvalue weighted by Gasteiger charge is 2.11. The Bertz CT molecular complexity index is 707. The van der Waals surface area contributed by atoms with Gasteiger partial charge in [-0.3, -0.25) is 4.79 Å². The molecule has 1 N–H and O–H groups in total. The number of ether oxygens (including phenoxy) is 1. The van der Waals surface area contributed by atoms with Crippen molar-refractivity contribution in [2.75, 3.05) is 11.9 Å². The lowest BCUT2D eigenvalue weighted by Crippen LogP contribution is -2.13. The van der Waals surface area contributed by atoms with Crippen LogP contribution in [-0.4, -0.2) is 18.5 Å². The third-order valence-electron chi connectivity index (χ3n) is 4.01.